The average Bonchev–Trinajstić information content (AvgIpc) is 2.91. The van der Waals surface area contributed by atoms with E-state index in [4.69, 9.17) is 9.47 Å². The van der Waals surface area contributed by atoms with Crippen molar-refractivity contribution >= 4 is 45.1 Å². The Labute approximate surface area is 161 Å². The predicted molar refractivity (Wildman–Crippen MR) is 107 cm³/mol. The maximum absolute atomic E-state index is 12.8. The molecule has 0 saturated heterocycles. The third-order valence-electron chi connectivity index (χ3n) is 4.21. The van der Waals surface area contributed by atoms with Crippen LogP contribution in [0, 0.1) is 3.57 Å². The second-order valence-electron chi connectivity index (χ2n) is 7.21. The fourth-order valence-electron chi connectivity index (χ4n) is 3.30. The molecule has 3 rings (SSSR count). The zero-order valence-electron chi connectivity index (χ0n) is 14.8. The molecule has 25 heavy (non-hydrogen) atoms. The summed E-state index contributed by atoms with van der Waals surface area (Å²) >= 11 is 2.10. The molecule has 134 valence electrons. The molecule has 0 fully saturated rings. The van der Waals surface area contributed by atoms with Crippen LogP contribution < -0.4 is 4.90 Å². The molecular formula is C19H22INO4. The van der Waals surface area contributed by atoms with Crippen molar-refractivity contribution < 1.29 is 19.4 Å². The topological polar surface area (TPSA) is 59.0 Å². The van der Waals surface area contributed by atoms with Crippen LogP contribution in [0.3, 0.4) is 0 Å². The molecule has 2 aromatic rings. The van der Waals surface area contributed by atoms with Gasteiger partial charge in [0, 0.05) is 25.0 Å². The number of nitrogens with zero attached hydrogens (tertiary/aromatic N) is 1. The standard InChI is InChI=1S/C19H22INO4/c1-19(2,3)25-18(23)21-9-11(10-24-4)14-12-7-5-6-8-13(12)17(22)15(20)16(14)21/h5-8,11,22H,9-10H2,1-4H3/t11-/m0/s1. The molecular weight excluding hydrogens is 433 g/mol. The fourth-order valence-corrected chi connectivity index (χ4v) is 4.17. The second-order valence-corrected chi connectivity index (χ2v) is 8.29. The third kappa shape index (κ3) is 3.29. The summed E-state index contributed by atoms with van der Waals surface area (Å²) < 4.78 is 11.6. The predicted octanol–water partition coefficient (Wildman–Crippen LogP) is 4.64. The van der Waals surface area contributed by atoms with Gasteiger partial charge < -0.3 is 14.6 Å². The van der Waals surface area contributed by atoms with Crippen molar-refractivity contribution in [3.8, 4) is 5.75 Å². The van der Waals surface area contributed by atoms with E-state index in [1.54, 1.807) is 12.0 Å². The molecule has 1 aliphatic rings. The number of fused-ring (bicyclic) bond motifs is 3. The summed E-state index contributed by atoms with van der Waals surface area (Å²) in [6.45, 7) is 6.50. The van der Waals surface area contributed by atoms with E-state index in [0.717, 1.165) is 22.0 Å². The summed E-state index contributed by atoms with van der Waals surface area (Å²) in [4.78, 5) is 14.4. The first kappa shape index (κ1) is 18.3. The minimum atomic E-state index is -0.582. The monoisotopic (exact) mass is 455 g/mol. The number of benzene rings is 2. The van der Waals surface area contributed by atoms with Crippen LogP contribution >= 0.6 is 22.6 Å². The number of carbonyl (C=O) groups is 1. The summed E-state index contributed by atoms with van der Waals surface area (Å²) in [6.07, 6.45) is -0.403. The normalized spacial score (nSPS) is 17.0. The first-order valence-corrected chi connectivity index (χ1v) is 9.25. The van der Waals surface area contributed by atoms with Crippen molar-refractivity contribution in [3.05, 3.63) is 33.4 Å². The molecule has 6 heteroatoms. The number of amides is 1. The van der Waals surface area contributed by atoms with E-state index in [9.17, 15) is 9.90 Å². The minimum Gasteiger partial charge on any atom is -0.506 e. The van der Waals surface area contributed by atoms with Crippen molar-refractivity contribution in [2.45, 2.75) is 32.3 Å². The van der Waals surface area contributed by atoms with Gasteiger partial charge >= 0.3 is 6.09 Å². The van der Waals surface area contributed by atoms with Gasteiger partial charge in [0.25, 0.3) is 0 Å². The molecule has 2 aromatic carbocycles. The van der Waals surface area contributed by atoms with Crippen LogP contribution in [0.4, 0.5) is 10.5 Å². The largest absolute Gasteiger partial charge is 0.506 e. The number of methoxy groups -OCH3 is 1. The van der Waals surface area contributed by atoms with Crippen molar-refractivity contribution in [2.24, 2.45) is 0 Å². The first-order valence-electron chi connectivity index (χ1n) is 8.17. The number of phenols is 1. The van der Waals surface area contributed by atoms with E-state index in [1.165, 1.54) is 0 Å². The number of hydrogen-bond donors (Lipinski definition) is 1. The summed E-state index contributed by atoms with van der Waals surface area (Å²) in [7, 11) is 1.66. The van der Waals surface area contributed by atoms with Gasteiger partial charge in [0.2, 0.25) is 0 Å². The van der Waals surface area contributed by atoms with Gasteiger partial charge in [-0.1, -0.05) is 24.3 Å². The van der Waals surface area contributed by atoms with E-state index >= 15 is 0 Å². The number of ether oxygens (including phenoxy) is 2. The van der Waals surface area contributed by atoms with Gasteiger partial charge in [-0.3, -0.25) is 4.90 Å². The smallest absolute Gasteiger partial charge is 0.414 e. The SMILES string of the molecule is COC[C@@H]1CN(C(=O)OC(C)(C)C)c2c(I)c(O)c3ccccc3c21. The molecule has 5 nitrogen and oxygen atoms in total. The van der Waals surface area contributed by atoms with Gasteiger partial charge in [-0.15, -0.1) is 0 Å². The Morgan fingerprint density at radius 2 is 1.96 bits per heavy atom. The Morgan fingerprint density at radius 1 is 1.32 bits per heavy atom. The number of aromatic hydroxyl groups is 1. The maximum atomic E-state index is 12.8. The van der Waals surface area contributed by atoms with Gasteiger partial charge in [-0.05, 0) is 54.3 Å². The zero-order chi connectivity index (χ0) is 18.4. The van der Waals surface area contributed by atoms with Crippen LogP contribution in [0.25, 0.3) is 10.8 Å². The molecule has 0 aromatic heterocycles. The zero-order valence-corrected chi connectivity index (χ0v) is 17.0. The van der Waals surface area contributed by atoms with Gasteiger partial charge in [0.05, 0.1) is 15.9 Å². The van der Waals surface area contributed by atoms with E-state index in [1.807, 2.05) is 45.0 Å². The van der Waals surface area contributed by atoms with Crippen molar-refractivity contribution in [1.29, 1.82) is 0 Å². The Bertz CT molecular complexity index is 828. The van der Waals surface area contributed by atoms with Crippen molar-refractivity contribution in [1.82, 2.24) is 0 Å². The van der Waals surface area contributed by atoms with Crippen molar-refractivity contribution in [3.63, 3.8) is 0 Å². The molecule has 0 spiro atoms. The van der Waals surface area contributed by atoms with E-state index in [2.05, 4.69) is 22.6 Å². The molecule has 1 heterocycles. The summed E-state index contributed by atoms with van der Waals surface area (Å²) in [5.74, 6) is 0.230. The number of anilines is 1. The highest BCUT2D eigenvalue weighted by Crippen LogP contribution is 2.48. The summed E-state index contributed by atoms with van der Waals surface area (Å²) in [5.41, 5.74) is 1.18. The average molecular weight is 455 g/mol. The van der Waals surface area contributed by atoms with Crippen LogP contribution in [0.15, 0.2) is 24.3 Å². The molecule has 0 saturated carbocycles. The van der Waals surface area contributed by atoms with Gasteiger partial charge in [-0.2, -0.15) is 0 Å². The molecule has 0 radical (unpaired) electrons. The van der Waals surface area contributed by atoms with Crippen LogP contribution in [-0.2, 0) is 9.47 Å². The molecule has 0 aliphatic carbocycles. The first-order chi connectivity index (χ1) is 11.7. The molecule has 1 aliphatic heterocycles. The lowest BCUT2D eigenvalue weighted by molar-refractivity contribution is 0.0579. The number of carbonyl (C=O) groups excluding carboxylic acids is 1. The lowest BCUT2D eigenvalue weighted by Crippen LogP contribution is -2.36. The summed E-state index contributed by atoms with van der Waals surface area (Å²) in [5, 5.41) is 12.4. The highest BCUT2D eigenvalue weighted by atomic mass is 127. The summed E-state index contributed by atoms with van der Waals surface area (Å²) in [6, 6.07) is 7.71. The number of hydrogen-bond acceptors (Lipinski definition) is 4. The molecule has 1 atom stereocenters. The molecule has 0 bridgehead atoms. The lowest BCUT2D eigenvalue weighted by Gasteiger charge is -2.25. The number of rotatable bonds is 2. The van der Waals surface area contributed by atoms with Gasteiger partial charge in [0.1, 0.15) is 11.4 Å². The minimum absolute atomic E-state index is 0.0338. The van der Waals surface area contributed by atoms with Crippen LogP contribution in [0.1, 0.15) is 32.3 Å². The molecule has 1 N–H and O–H groups in total. The Morgan fingerprint density at radius 3 is 2.56 bits per heavy atom. The molecule has 0 unspecified atom stereocenters. The van der Waals surface area contributed by atoms with E-state index in [0.29, 0.717) is 16.7 Å². The number of phenolic OH excluding ortho intramolecular Hbond substituents is 1. The highest BCUT2D eigenvalue weighted by molar-refractivity contribution is 14.1. The van der Waals surface area contributed by atoms with Crippen LogP contribution in [0.2, 0.25) is 0 Å². The van der Waals surface area contributed by atoms with Crippen molar-refractivity contribution in [2.75, 3.05) is 25.2 Å². The Balaban J connectivity index is 2.20. The molecule has 1 amide bonds. The van der Waals surface area contributed by atoms with Gasteiger partial charge in [0.15, 0.2) is 0 Å². The third-order valence-corrected chi connectivity index (χ3v) is 5.23. The Hall–Kier alpha value is -1.54. The maximum Gasteiger partial charge on any atom is 0.414 e. The Kier molecular flexibility index (Phi) is 4.85. The van der Waals surface area contributed by atoms with E-state index in [-0.39, 0.29) is 11.7 Å². The lowest BCUT2D eigenvalue weighted by atomic mass is 9.95. The fraction of sp³-hybridized carbons (Fsp3) is 0.421. The highest BCUT2D eigenvalue weighted by Gasteiger charge is 2.39. The van der Waals surface area contributed by atoms with Gasteiger partial charge in [-0.25, -0.2) is 4.79 Å². The van der Waals surface area contributed by atoms with Crippen LogP contribution in [0.5, 0.6) is 5.75 Å². The quantitative estimate of drug-likeness (QED) is 0.671. The van der Waals surface area contributed by atoms with E-state index < -0.39 is 11.7 Å². The van der Waals surface area contributed by atoms with Crippen LogP contribution in [-0.4, -0.2) is 37.1 Å². The number of halogens is 1. The second kappa shape index (κ2) is 6.64.